The van der Waals surface area contributed by atoms with Gasteiger partial charge in [0.25, 0.3) is 0 Å². The molecule has 0 saturated carbocycles. The van der Waals surface area contributed by atoms with Gasteiger partial charge >= 0.3 is 6.09 Å². The maximum atomic E-state index is 10.3. The van der Waals surface area contributed by atoms with Crippen molar-refractivity contribution in [1.29, 1.82) is 0 Å². The molecule has 1 aromatic heterocycles. The molecule has 0 aliphatic carbocycles. The van der Waals surface area contributed by atoms with Gasteiger partial charge < -0.3 is 15.4 Å². The number of hydrogen-bond donors (Lipinski definition) is 3. The molecule has 0 aliphatic heterocycles. The molecule has 72 valence electrons. The molecule has 2 aromatic rings. The van der Waals surface area contributed by atoms with Crippen molar-refractivity contribution in [3.8, 4) is 0 Å². The molecule has 0 spiro atoms. The summed E-state index contributed by atoms with van der Waals surface area (Å²) in [7, 11) is 0. The number of fused-ring (bicyclic) bond motifs is 1. The van der Waals surface area contributed by atoms with Crippen LogP contribution in [0.1, 0.15) is 5.56 Å². The highest BCUT2D eigenvalue weighted by Crippen LogP contribution is 2.16. The second-order valence-electron chi connectivity index (χ2n) is 3.02. The molecule has 4 heteroatoms. The molecular formula is C10H10N2O2. The molecule has 1 aromatic carbocycles. The quantitative estimate of drug-likeness (QED) is 0.677. The zero-order valence-corrected chi connectivity index (χ0v) is 7.45. The van der Waals surface area contributed by atoms with Crippen molar-refractivity contribution >= 4 is 17.0 Å². The summed E-state index contributed by atoms with van der Waals surface area (Å²) >= 11 is 0. The molecule has 4 nitrogen and oxygen atoms in total. The third-order valence-electron chi connectivity index (χ3n) is 2.10. The smallest absolute Gasteiger partial charge is 0.404 e. The van der Waals surface area contributed by atoms with Gasteiger partial charge in [0.05, 0.1) is 5.52 Å². The molecule has 0 fully saturated rings. The topological polar surface area (TPSA) is 65.1 Å². The first-order valence-corrected chi connectivity index (χ1v) is 4.29. The normalized spacial score (nSPS) is 10.3. The highest BCUT2D eigenvalue weighted by molar-refractivity contribution is 5.82. The number of rotatable bonds is 2. The lowest BCUT2D eigenvalue weighted by Gasteiger charge is -2.02. The maximum Gasteiger partial charge on any atom is 0.404 e. The zero-order valence-electron chi connectivity index (χ0n) is 7.45. The van der Waals surface area contributed by atoms with E-state index in [2.05, 4.69) is 10.3 Å². The van der Waals surface area contributed by atoms with E-state index >= 15 is 0 Å². The van der Waals surface area contributed by atoms with E-state index in [0.717, 1.165) is 16.5 Å². The SMILES string of the molecule is O=C(O)NCc1cccc2cc[nH]c12. The van der Waals surface area contributed by atoms with E-state index in [9.17, 15) is 4.79 Å². The van der Waals surface area contributed by atoms with Crippen molar-refractivity contribution in [2.75, 3.05) is 0 Å². The fourth-order valence-corrected chi connectivity index (χ4v) is 1.47. The molecule has 14 heavy (non-hydrogen) atoms. The van der Waals surface area contributed by atoms with Gasteiger partial charge in [-0.25, -0.2) is 4.79 Å². The van der Waals surface area contributed by atoms with Gasteiger partial charge in [0.1, 0.15) is 0 Å². The number of aromatic nitrogens is 1. The van der Waals surface area contributed by atoms with Gasteiger partial charge in [-0.15, -0.1) is 0 Å². The lowest BCUT2D eigenvalue weighted by atomic mass is 10.1. The minimum absolute atomic E-state index is 0.327. The molecule has 0 radical (unpaired) electrons. The van der Waals surface area contributed by atoms with E-state index in [1.165, 1.54) is 0 Å². The van der Waals surface area contributed by atoms with Crippen LogP contribution in [0.4, 0.5) is 4.79 Å². The summed E-state index contributed by atoms with van der Waals surface area (Å²) in [5, 5.41) is 11.9. The zero-order chi connectivity index (χ0) is 9.97. The van der Waals surface area contributed by atoms with Gasteiger partial charge in [-0.05, 0) is 17.0 Å². The van der Waals surface area contributed by atoms with E-state index in [1.807, 2.05) is 30.5 Å². The number of aromatic amines is 1. The Balaban J connectivity index is 2.32. The number of carbonyl (C=O) groups is 1. The monoisotopic (exact) mass is 190 g/mol. The van der Waals surface area contributed by atoms with Gasteiger partial charge in [-0.3, -0.25) is 0 Å². The van der Waals surface area contributed by atoms with Crippen LogP contribution in [-0.4, -0.2) is 16.2 Å². The number of H-pyrrole nitrogens is 1. The maximum absolute atomic E-state index is 10.3. The predicted octanol–water partition coefficient (Wildman–Crippen LogP) is 1.94. The van der Waals surface area contributed by atoms with Crippen LogP contribution in [0.25, 0.3) is 10.9 Å². The lowest BCUT2D eigenvalue weighted by Crippen LogP contribution is -2.19. The third kappa shape index (κ3) is 1.54. The Morgan fingerprint density at radius 2 is 2.29 bits per heavy atom. The van der Waals surface area contributed by atoms with E-state index in [4.69, 9.17) is 5.11 Å². The molecule has 0 unspecified atom stereocenters. The van der Waals surface area contributed by atoms with Crippen LogP contribution in [0.3, 0.4) is 0 Å². The molecule has 1 amide bonds. The largest absolute Gasteiger partial charge is 0.465 e. The molecule has 0 bridgehead atoms. The lowest BCUT2D eigenvalue weighted by molar-refractivity contribution is 0.194. The number of benzene rings is 1. The van der Waals surface area contributed by atoms with E-state index < -0.39 is 6.09 Å². The Kier molecular flexibility index (Phi) is 2.10. The molecule has 0 saturated heterocycles. The minimum atomic E-state index is -1.01. The Morgan fingerprint density at radius 3 is 3.07 bits per heavy atom. The summed E-state index contributed by atoms with van der Waals surface area (Å²) < 4.78 is 0. The van der Waals surface area contributed by atoms with Gasteiger partial charge in [-0.1, -0.05) is 18.2 Å². The van der Waals surface area contributed by atoms with Crippen molar-refractivity contribution in [3.63, 3.8) is 0 Å². The fraction of sp³-hybridized carbons (Fsp3) is 0.100. The standard InChI is InChI=1S/C10H10N2O2/c13-10(14)12-6-8-3-1-2-7-4-5-11-9(7)8/h1-5,11-12H,6H2,(H,13,14). The average Bonchev–Trinajstić information content (AvgIpc) is 2.62. The van der Waals surface area contributed by atoms with Gasteiger partial charge in [0.2, 0.25) is 0 Å². The van der Waals surface area contributed by atoms with Crippen LogP contribution in [0, 0.1) is 0 Å². The molecular weight excluding hydrogens is 180 g/mol. The minimum Gasteiger partial charge on any atom is -0.465 e. The van der Waals surface area contributed by atoms with Crippen LogP contribution >= 0.6 is 0 Å². The summed E-state index contributed by atoms with van der Waals surface area (Å²) in [6.45, 7) is 0.327. The van der Waals surface area contributed by atoms with Crippen molar-refractivity contribution in [2.45, 2.75) is 6.54 Å². The number of hydrogen-bond acceptors (Lipinski definition) is 1. The van der Waals surface area contributed by atoms with E-state index in [-0.39, 0.29) is 0 Å². The van der Waals surface area contributed by atoms with Crippen molar-refractivity contribution in [2.24, 2.45) is 0 Å². The number of para-hydroxylation sites is 1. The third-order valence-corrected chi connectivity index (χ3v) is 2.10. The summed E-state index contributed by atoms with van der Waals surface area (Å²) in [6, 6.07) is 7.75. The predicted molar refractivity (Wildman–Crippen MR) is 53.2 cm³/mol. The number of carboxylic acid groups (broad SMARTS) is 1. The highest BCUT2D eigenvalue weighted by Gasteiger charge is 2.02. The summed E-state index contributed by atoms with van der Waals surface area (Å²) in [6.07, 6.45) is 0.836. The molecule has 0 aliphatic rings. The van der Waals surface area contributed by atoms with Gasteiger partial charge in [0.15, 0.2) is 0 Å². The molecule has 0 atom stereocenters. The van der Waals surface area contributed by atoms with Crippen LogP contribution < -0.4 is 5.32 Å². The van der Waals surface area contributed by atoms with Crippen LogP contribution in [0.5, 0.6) is 0 Å². The molecule has 3 N–H and O–H groups in total. The second kappa shape index (κ2) is 3.41. The highest BCUT2D eigenvalue weighted by atomic mass is 16.4. The summed E-state index contributed by atoms with van der Waals surface area (Å²) in [5.74, 6) is 0. The van der Waals surface area contributed by atoms with E-state index in [0.29, 0.717) is 6.54 Å². The van der Waals surface area contributed by atoms with Gasteiger partial charge in [-0.2, -0.15) is 0 Å². The molecule has 1 heterocycles. The first-order valence-electron chi connectivity index (χ1n) is 4.29. The first kappa shape index (κ1) is 8.62. The van der Waals surface area contributed by atoms with Gasteiger partial charge in [0, 0.05) is 12.7 Å². The molecule has 2 rings (SSSR count). The van der Waals surface area contributed by atoms with Crippen LogP contribution in [-0.2, 0) is 6.54 Å². The first-order chi connectivity index (χ1) is 6.77. The van der Waals surface area contributed by atoms with Crippen LogP contribution in [0.2, 0.25) is 0 Å². The van der Waals surface area contributed by atoms with E-state index in [1.54, 1.807) is 0 Å². The summed E-state index contributed by atoms with van der Waals surface area (Å²) in [4.78, 5) is 13.4. The Labute approximate surface area is 80.6 Å². The van der Waals surface area contributed by atoms with Crippen molar-refractivity contribution in [3.05, 3.63) is 36.0 Å². The summed E-state index contributed by atoms with van der Waals surface area (Å²) in [5.41, 5.74) is 1.94. The Morgan fingerprint density at radius 1 is 1.43 bits per heavy atom. The second-order valence-corrected chi connectivity index (χ2v) is 3.02. The van der Waals surface area contributed by atoms with Crippen molar-refractivity contribution < 1.29 is 9.90 Å². The number of amides is 1. The average molecular weight is 190 g/mol. The Hall–Kier alpha value is -1.97. The van der Waals surface area contributed by atoms with Crippen molar-refractivity contribution in [1.82, 2.24) is 10.3 Å². The Bertz CT molecular complexity index is 462. The number of nitrogens with one attached hydrogen (secondary N) is 2. The fourth-order valence-electron chi connectivity index (χ4n) is 1.47. The van der Waals surface area contributed by atoms with Crippen LogP contribution in [0.15, 0.2) is 30.5 Å².